The van der Waals surface area contributed by atoms with E-state index in [1.165, 1.54) is 0 Å². The molecule has 2 aromatic rings. The number of hydrogen-bond acceptors (Lipinski definition) is 5. The number of benzene rings is 2. The molecule has 1 fully saturated rings. The minimum atomic E-state index is -0.613. The van der Waals surface area contributed by atoms with Gasteiger partial charge in [-0.2, -0.15) is 0 Å². The quantitative estimate of drug-likeness (QED) is 0.470. The highest BCUT2D eigenvalue weighted by Crippen LogP contribution is 2.40. The van der Waals surface area contributed by atoms with E-state index in [4.69, 9.17) is 15.9 Å². The van der Waals surface area contributed by atoms with Crippen molar-refractivity contribution >= 4 is 34.5 Å². The Bertz CT molecular complexity index is 1110. The second-order valence-corrected chi connectivity index (χ2v) is 8.64. The molecule has 8 heteroatoms. The Labute approximate surface area is 204 Å². The number of halogens is 1. The molecule has 4 N–H and O–H groups in total. The number of primary amides is 1. The first-order valence-corrected chi connectivity index (χ1v) is 11.1. The number of ketones is 1. The molecule has 0 radical (unpaired) electrons. The van der Waals surface area contributed by atoms with Crippen LogP contribution < -0.4 is 10.5 Å². The maximum atomic E-state index is 13.2. The van der Waals surface area contributed by atoms with Gasteiger partial charge in [0.25, 0.3) is 5.91 Å². The number of rotatable bonds is 7. The maximum Gasteiger partial charge on any atom is 0.252 e. The van der Waals surface area contributed by atoms with Gasteiger partial charge in [0.15, 0.2) is 5.78 Å². The third kappa shape index (κ3) is 4.76. The lowest BCUT2D eigenvalue weighted by atomic mass is 9.91. The number of Topliss-reactive ketones (excluding diaryl/α,β-unsaturated/α-hetero) is 1. The van der Waals surface area contributed by atoms with Gasteiger partial charge in [-0.1, -0.05) is 12.8 Å². The van der Waals surface area contributed by atoms with E-state index in [1.807, 2.05) is 19.9 Å². The van der Waals surface area contributed by atoms with Crippen molar-refractivity contribution in [2.24, 2.45) is 5.73 Å². The number of phenols is 1. The first-order valence-electron chi connectivity index (χ1n) is 11.1. The second kappa shape index (κ2) is 9.95. The molecule has 1 amide bonds. The van der Waals surface area contributed by atoms with Crippen LogP contribution in [0.1, 0.15) is 81.5 Å². The van der Waals surface area contributed by atoms with Crippen molar-refractivity contribution in [2.75, 3.05) is 13.2 Å². The van der Waals surface area contributed by atoms with Crippen molar-refractivity contribution in [1.29, 1.82) is 5.41 Å². The van der Waals surface area contributed by atoms with Gasteiger partial charge in [0.1, 0.15) is 17.3 Å². The molecule has 0 saturated heterocycles. The van der Waals surface area contributed by atoms with Crippen molar-refractivity contribution in [3.63, 3.8) is 0 Å². The Morgan fingerprint density at radius 3 is 2.55 bits per heavy atom. The molecule has 1 heterocycles. The van der Waals surface area contributed by atoms with Gasteiger partial charge in [-0.25, -0.2) is 0 Å². The number of fused-ring (bicyclic) bond motifs is 1. The lowest BCUT2D eigenvalue weighted by Gasteiger charge is -2.19. The SMILES string of the molecule is Br.CCOc1cc2c(cc1C(N)=O)C(=N)N(CC(=O)c1cc(C)c(O)c(C3CCCC3)c1)C2. The molecule has 1 aliphatic heterocycles. The number of ether oxygens (including phenoxy) is 1. The molecule has 0 bridgehead atoms. The largest absolute Gasteiger partial charge is 0.507 e. The highest BCUT2D eigenvalue weighted by Gasteiger charge is 2.30. The van der Waals surface area contributed by atoms with Gasteiger partial charge in [-0.3, -0.25) is 15.0 Å². The Hall–Kier alpha value is -2.87. The van der Waals surface area contributed by atoms with Gasteiger partial charge in [0.2, 0.25) is 0 Å². The van der Waals surface area contributed by atoms with Gasteiger partial charge < -0.3 is 20.5 Å². The van der Waals surface area contributed by atoms with Crippen molar-refractivity contribution < 1.29 is 19.4 Å². The normalized spacial score (nSPS) is 15.3. The monoisotopic (exact) mass is 515 g/mol. The van der Waals surface area contributed by atoms with Crippen LogP contribution in [0.4, 0.5) is 0 Å². The summed E-state index contributed by atoms with van der Waals surface area (Å²) in [6, 6.07) is 6.87. The molecule has 2 aliphatic rings. The second-order valence-electron chi connectivity index (χ2n) is 8.64. The smallest absolute Gasteiger partial charge is 0.252 e. The molecule has 0 aromatic heterocycles. The summed E-state index contributed by atoms with van der Waals surface area (Å²) >= 11 is 0. The van der Waals surface area contributed by atoms with E-state index >= 15 is 0 Å². The molecule has 176 valence electrons. The molecule has 0 unspecified atom stereocenters. The van der Waals surface area contributed by atoms with E-state index in [2.05, 4.69) is 0 Å². The number of aryl methyl sites for hydroxylation is 1. The number of amides is 1. The number of nitrogens with one attached hydrogen (secondary N) is 1. The lowest BCUT2D eigenvalue weighted by Crippen LogP contribution is -2.30. The van der Waals surface area contributed by atoms with Crippen LogP contribution in [-0.4, -0.2) is 40.7 Å². The summed E-state index contributed by atoms with van der Waals surface area (Å²) in [6.45, 7) is 4.45. The minimum Gasteiger partial charge on any atom is -0.507 e. The molecule has 1 saturated carbocycles. The van der Waals surface area contributed by atoms with Crippen molar-refractivity contribution in [3.05, 3.63) is 57.6 Å². The molecule has 4 rings (SSSR count). The fraction of sp³-hybridized carbons (Fsp3) is 0.400. The minimum absolute atomic E-state index is 0. The van der Waals surface area contributed by atoms with E-state index in [9.17, 15) is 14.7 Å². The number of carbonyl (C=O) groups is 2. The van der Waals surface area contributed by atoms with Gasteiger partial charge in [-0.05, 0) is 73.6 Å². The third-order valence-electron chi connectivity index (χ3n) is 6.48. The maximum absolute atomic E-state index is 13.2. The first-order chi connectivity index (χ1) is 15.3. The summed E-state index contributed by atoms with van der Waals surface area (Å²) in [7, 11) is 0. The highest BCUT2D eigenvalue weighted by atomic mass is 79.9. The van der Waals surface area contributed by atoms with Crippen LogP contribution >= 0.6 is 17.0 Å². The fourth-order valence-corrected chi connectivity index (χ4v) is 4.81. The zero-order valence-corrected chi connectivity index (χ0v) is 20.7. The van der Waals surface area contributed by atoms with E-state index < -0.39 is 5.91 Å². The number of hydrogen-bond donors (Lipinski definition) is 3. The van der Waals surface area contributed by atoms with E-state index in [0.717, 1.165) is 36.8 Å². The van der Waals surface area contributed by atoms with Crippen molar-refractivity contribution in [1.82, 2.24) is 4.90 Å². The van der Waals surface area contributed by atoms with Crippen LogP contribution in [0.15, 0.2) is 24.3 Å². The standard InChI is InChI=1S/C25H29N3O4.BrH/c1-3-32-22-10-17-12-28(24(26)19(17)11-20(22)25(27)31)13-21(29)16-8-14(2)23(30)18(9-16)15-6-4-5-7-15;/h8-11,15,26,30H,3-7,12-13H2,1-2H3,(H2,27,31);1H. The molecule has 1 aliphatic carbocycles. The highest BCUT2D eigenvalue weighted by molar-refractivity contribution is 8.93. The Balaban J connectivity index is 0.00000306. The number of aromatic hydroxyl groups is 1. The van der Waals surface area contributed by atoms with E-state index in [1.54, 1.807) is 23.1 Å². The van der Waals surface area contributed by atoms with Crippen LogP contribution in [0.5, 0.6) is 11.5 Å². The van der Waals surface area contributed by atoms with Gasteiger partial charge >= 0.3 is 0 Å². The average Bonchev–Trinajstić information content (AvgIpc) is 3.38. The lowest BCUT2D eigenvalue weighted by molar-refractivity contribution is 0.0960. The van der Waals surface area contributed by atoms with Crippen LogP contribution in [0.3, 0.4) is 0 Å². The number of phenolic OH excluding ortho intramolecular Hbond substituents is 1. The average molecular weight is 516 g/mol. The third-order valence-corrected chi connectivity index (χ3v) is 6.48. The summed E-state index contributed by atoms with van der Waals surface area (Å²) < 4.78 is 5.55. The van der Waals surface area contributed by atoms with Crippen molar-refractivity contribution in [3.8, 4) is 11.5 Å². The molecule has 33 heavy (non-hydrogen) atoms. The van der Waals surface area contributed by atoms with Crippen LogP contribution in [-0.2, 0) is 6.54 Å². The predicted octanol–water partition coefficient (Wildman–Crippen LogP) is 4.46. The van der Waals surface area contributed by atoms with Gasteiger partial charge in [0, 0.05) is 17.7 Å². The summed E-state index contributed by atoms with van der Waals surface area (Å²) in [4.78, 5) is 26.7. The number of carbonyl (C=O) groups excluding carboxylic acids is 2. The Morgan fingerprint density at radius 2 is 1.91 bits per heavy atom. The molecule has 2 aromatic carbocycles. The summed E-state index contributed by atoms with van der Waals surface area (Å²) in [5, 5.41) is 19.1. The molecule has 7 nitrogen and oxygen atoms in total. The molecule has 0 atom stereocenters. The van der Waals surface area contributed by atoms with Gasteiger partial charge in [-0.15, -0.1) is 17.0 Å². The molecule has 0 spiro atoms. The van der Waals surface area contributed by atoms with E-state index in [0.29, 0.717) is 41.5 Å². The zero-order chi connectivity index (χ0) is 23.0. The first kappa shape index (κ1) is 24.8. The fourth-order valence-electron chi connectivity index (χ4n) is 4.81. The van der Waals surface area contributed by atoms with Crippen LogP contribution in [0, 0.1) is 12.3 Å². The number of nitrogens with two attached hydrogens (primary N) is 1. The predicted molar refractivity (Wildman–Crippen MR) is 132 cm³/mol. The Kier molecular flexibility index (Phi) is 7.47. The van der Waals surface area contributed by atoms with Gasteiger partial charge in [0.05, 0.1) is 18.7 Å². The number of amidine groups is 1. The Morgan fingerprint density at radius 1 is 1.21 bits per heavy atom. The van der Waals surface area contributed by atoms with Crippen LogP contribution in [0.2, 0.25) is 0 Å². The summed E-state index contributed by atoms with van der Waals surface area (Å²) in [5.74, 6) is 0.445. The topological polar surface area (TPSA) is 117 Å². The molecular weight excluding hydrogens is 486 g/mol. The zero-order valence-electron chi connectivity index (χ0n) is 18.9. The number of nitrogens with zero attached hydrogens (tertiary/aromatic N) is 1. The van der Waals surface area contributed by atoms with Crippen molar-refractivity contribution in [2.45, 2.75) is 52.0 Å². The summed E-state index contributed by atoms with van der Waals surface area (Å²) in [5.41, 5.74) is 9.25. The summed E-state index contributed by atoms with van der Waals surface area (Å²) in [6.07, 6.45) is 4.34. The van der Waals surface area contributed by atoms with Crippen LogP contribution in [0.25, 0.3) is 0 Å². The van der Waals surface area contributed by atoms with E-state index in [-0.39, 0.29) is 46.5 Å². The molecular formula is C25H30BrN3O4.